The van der Waals surface area contributed by atoms with Gasteiger partial charge in [-0.1, -0.05) is 44.0 Å². The fourth-order valence-electron chi connectivity index (χ4n) is 1.80. The first-order chi connectivity index (χ1) is 9.96. The van der Waals surface area contributed by atoms with Crippen molar-refractivity contribution in [2.45, 2.75) is 40.4 Å². The van der Waals surface area contributed by atoms with E-state index in [1.165, 1.54) is 0 Å². The van der Waals surface area contributed by atoms with Crippen LogP contribution in [-0.2, 0) is 12.7 Å². The molecule has 0 unspecified atom stereocenters. The largest absolute Gasteiger partial charge is 0.416 e. The Balaban J connectivity index is 3.13. The SMILES string of the molecule is CCNC(=NCc1c(Cl)cc(C(F)(F)F)cc1Cl)C(C)(C)C. The van der Waals surface area contributed by atoms with Crippen molar-refractivity contribution in [3.05, 3.63) is 33.3 Å². The Bertz CT molecular complexity index is 538. The molecule has 0 aromatic heterocycles. The summed E-state index contributed by atoms with van der Waals surface area (Å²) in [5, 5.41) is 3.08. The lowest BCUT2D eigenvalue weighted by Crippen LogP contribution is -2.35. The molecule has 0 bridgehead atoms. The smallest absolute Gasteiger partial charge is 0.374 e. The van der Waals surface area contributed by atoms with E-state index in [0.29, 0.717) is 12.1 Å². The molecule has 1 N–H and O–H groups in total. The average Bonchev–Trinajstić information content (AvgIpc) is 2.33. The summed E-state index contributed by atoms with van der Waals surface area (Å²) in [7, 11) is 0. The molecule has 2 nitrogen and oxygen atoms in total. The highest BCUT2D eigenvalue weighted by Crippen LogP contribution is 2.36. The standard InChI is InChI=1S/C15H19Cl2F3N2/c1-5-21-13(14(2,3)4)22-8-10-11(16)6-9(7-12(10)17)15(18,19)20/h6-7H,5,8H2,1-4H3,(H,21,22). The minimum absolute atomic E-state index is 0.0340. The third kappa shape index (κ3) is 5.06. The van der Waals surface area contributed by atoms with E-state index in [-0.39, 0.29) is 22.0 Å². The zero-order chi connectivity index (χ0) is 17.1. The summed E-state index contributed by atoms with van der Waals surface area (Å²) in [6, 6.07) is 1.75. The molecular weight excluding hydrogens is 336 g/mol. The fourth-order valence-corrected chi connectivity index (χ4v) is 2.41. The summed E-state index contributed by atoms with van der Waals surface area (Å²) in [6.07, 6.45) is -4.48. The lowest BCUT2D eigenvalue weighted by molar-refractivity contribution is -0.137. The number of alkyl halides is 3. The van der Waals surface area contributed by atoms with Crippen LogP contribution in [0.2, 0.25) is 10.0 Å². The Morgan fingerprint density at radius 1 is 1.14 bits per heavy atom. The summed E-state index contributed by atoms with van der Waals surface area (Å²) < 4.78 is 38.1. The van der Waals surface area contributed by atoms with Crippen molar-refractivity contribution < 1.29 is 13.2 Å². The summed E-state index contributed by atoms with van der Waals surface area (Å²) in [6.45, 7) is 8.73. The highest BCUT2D eigenvalue weighted by molar-refractivity contribution is 6.36. The van der Waals surface area contributed by atoms with Gasteiger partial charge in [-0.3, -0.25) is 4.99 Å². The fraction of sp³-hybridized carbons (Fsp3) is 0.533. The second-order valence-corrected chi connectivity index (χ2v) is 6.68. The van der Waals surface area contributed by atoms with Gasteiger partial charge in [-0.15, -0.1) is 0 Å². The molecule has 0 fully saturated rings. The minimum atomic E-state index is -4.48. The lowest BCUT2D eigenvalue weighted by Gasteiger charge is -2.22. The molecular formula is C15H19Cl2F3N2. The number of rotatable bonds is 3. The number of benzene rings is 1. The third-order valence-corrected chi connectivity index (χ3v) is 3.59. The van der Waals surface area contributed by atoms with Crippen molar-refractivity contribution in [3.63, 3.8) is 0 Å². The predicted molar refractivity (Wildman–Crippen MR) is 85.7 cm³/mol. The van der Waals surface area contributed by atoms with E-state index in [1.54, 1.807) is 0 Å². The van der Waals surface area contributed by atoms with Crippen LogP contribution in [0.1, 0.15) is 38.8 Å². The molecule has 0 aliphatic carbocycles. The van der Waals surface area contributed by atoms with Gasteiger partial charge in [0.1, 0.15) is 5.84 Å². The Hall–Kier alpha value is -0.940. The molecule has 0 amide bonds. The van der Waals surface area contributed by atoms with Crippen molar-refractivity contribution in [2.75, 3.05) is 6.54 Å². The van der Waals surface area contributed by atoms with Gasteiger partial charge in [0.15, 0.2) is 0 Å². The third-order valence-electron chi connectivity index (χ3n) is 2.92. The van der Waals surface area contributed by atoms with Crippen molar-refractivity contribution in [3.8, 4) is 0 Å². The Morgan fingerprint density at radius 2 is 1.64 bits per heavy atom. The normalized spacial score (nSPS) is 13.4. The van der Waals surface area contributed by atoms with Gasteiger partial charge in [-0.25, -0.2) is 0 Å². The van der Waals surface area contributed by atoms with E-state index in [1.807, 2.05) is 27.7 Å². The van der Waals surface area contributed by atoms with Gasteiger partial charge in [0.05, 0.1) is 12.1 Å². The Morgan fingerprint density at radius 3 is 2.00 bits per heavy atom. The van der Waals surface area contributed by atoms with Crippen LogP contribution in [0.5, 0.6) is 0 Å². The number of nitrogens with zero attached hydrogens (tertiary/aromatic N) is 1. The quantitative estimate of drug-likeness (QED) is 0.557. The van der Waals surface area contributed by atoms with Gasteiger partial charge in [-0.05, 0) is 19.1 Å². The van der Waals surface area contributed by atoms with Gasteiger partial charge >= 0.3 is 6.18 Å². The molecule has 7 heteroatoms. The summed E-state index contributed by atoms with van der Waals surface area (Å²) in [5.41, 5.74) is -0.685. The molecule has 0 radical (unpaired) electrons. The van der Waals surface area contributed by atoms with Crippen molar-refractivity contribution in [1.29, 1.82) is 0 Å². The highest BCUT2D eigenvalue weighted by Gasteiger charge is 2.32. The molecule has 0 aliphatic heterocycles. The zero-order valence-corrected chi connectivity index (χ0v) is 14.4. The first-order valence-electron chi connectivity index (χ1n) is 6.80. The molecule has 124 valence electrons. The minimum Gasteiger partial charge on any atom is -0.374 e. The molecule has 0 spiro atoms. The Kier molecular flexibility index (Phi) is 6.16. The number of hydrogen-bond acceptors (Lipinski definition) is 1. The van der Waals surface area contributed by atoms with Crippen LogP contribution in [0, 0.1) is 5.41 Å². The second-order valence-electron chi connectivity index (χ2n) is 5.86. The van der Waals surface area contributed by atoms with Crippen LogP contribution >= 0.6 is 23.2 Å². The number of halogens is 5. The number of aliphatic imine (C=N–C) groups is 1. The van der Waals surface area contributed by atoms with E-state index in [0.717, 1.165) is 18.0 Å². The number of hydrogen-bond donors (Lipinski definition) is 1. The predicted octanol–water partition coefficient (Wildman–Crippen LogP) is 5.57. The van der Waals surface area contributed by atoms with E-state index in [2.05, 4.69) is 10.3 Å². The average molecular weight is 355 g/mol. The first-order valence-corrected chi connectivity index (χ1v) is 7.56. The maximum atomic E-state index is 12.7. The van der Waals surface area contributed by atoms with E-state index in [9.17, 15) is 13.2 Å². The maximum absolute atomic E-state index is 12.7. The molecule has 1 rings (SSSR count). The van der Waals surface area contributed by atoms with E-state index >= 15 is 0 Å². The van der Waals surface area contributed by atoms with Crippen LogP contribution < -0.4 is 5.32 Å². The van der Waals surface area contributed by atoms with Gasteiger partial charge < -0.3 is 5.32 Å². The second kappa shape index (κ2) is 7.09. The van der Waals surface area contributed by atoms with Gasteiger partial charge in [0, 0.05) is 27.6 Å². The van der Waals surface area contributed by atoms with E-state index < -0.39 is 11.7 Å². The molecule has 1 aromatic carbocycles. The van der Waals surface area contributed by atoms with Crippen LogP contribution in [0.4, 0.5) is 13.2 Å². The van der Waals surface area contributed by atoms with Crippen molar-refractivity contribution in [1.82, 2.24) is 5.32 Å². The van der Waals surface area contributed by atoms with Crippen molar-refractivity contribution >= 4 is 29.0 Å². The molecule has 0 saturated carbocycles. The summed E-state index contributed by atoms with van der Waals surface area (Å²) in [4.78, 5) is 4.42. The summed E-state index contributed by atoms with van der Waals surface area (Å²) in [5.74, 6) is 0.752. The molecule has 0 saturated heterocycles. The van der Waals surface area contributed by atoms with Gasteiger partial charge in [0.25, 0.3) is 0 Å². The van der Waals surface area contributed by atoms with Crippen LogP contribution in [0.15, 0.2) is 17.1 Å². The zero-order valence-electron chi connectivity index (χ0n) is 12.9. The number of amidine groups is 1. The van der Waals surface area contributed by atoms with E-state index in [4.69, 9.17) is 23.2 Å². The van der Waals surface area contributed by atoms with Gasteiger partial charge in [0.2, 0.25) is 0 Å². The van der Waals surface area contributed by atoms with Crippen molar-refractivity contribution in [2.24, 2.45) is 10.4 Å². The van der Waals surface area contributed by atoms with Crippen LogP contribution in [-0.4, -0.2) is 12.4 Å². The Labute approximate surface area is 138 Å². The lowest BCUT2D eigenvalue weighted by atomic mass is 9.94. The molecule has 1 aromatic rings. The monoisotopic (exact) mass is 354 g/mol. The van der Waals surface area contributed by atoms with Crippen LogP contribution in [0.3, 0.4) is 0 Å². The number of nitrogens with one attached hydrogen (secondary N) is 1. The maximum Gasteiger partial charge on any atom is 0.416 e. The highest BCUT2D eigenvalue weighted by atomic mass is 35.5. The summed E-state index contributed by atoms with van der Waals surface area (Å²) >= 11 is 11.9. The van der Waals surface area contributed by atoms with Crippen LogP contribution in [0.25, 0.3) is 0 Å². The first kappa shape index (κ1) is 19.1. The molecule has 0 atom stereocenters. The molecule has 0 heterocycles. The molecule has 0 aliphatic rings. The van der Waals surface area contributed by atoms with Gasteiger partial charge in [-0.2, -0.15) is 13.2 Å². The molecule has 22 heavy (non-hydrogen) atoms. The topological polar surface area (TPSA) is 24.4 Å².